The van der Waals surface area contributed by atoms with E-state index in [2.05, 4.69) is 4.72 Å². The van der Waals surface area contributed by atoms with E-state index in [1.165, 1.54) is 13.2 Å². The molecular formula is C15H14F3NO3S. The van der Waals surface area contributed by atoms with Crippen LogP contribution in [-0.2, 0) is 22.7 Å². The molecule has 0 fully saturated rings. The molecule has 0 saturated carbocycles. The summed E-state index contributed by atoms with van der Waals surface area (Å²) in [5.41, 5.74) is -0.685. The summed E-state index contributed by atoms with van der Waals surface area (Å²) in [5.74, 6) is 0.444. The van der Waals surface area contributed by atoms with Crippen molar-refractivity contribution in [2.75, 3.05) is 7.11 Å². The largest absolute Gasteiger partial charge is 0.496 e. The molecule has 0 unspecified atom stereocenters. The van der Waals surface area contributed by atoms with E-state index in [-0.39, 0.29) is 6.54 Å². The fourth-order valence-electron chi connectivity index (χ4n) is 2.03. The second-order valence-electron chi connectivity index (χ2n) is 4.63. The first-order valence-corrected chi connectivity index (χ1v) is 8.02. The average molecular weight is 345 g/mol. The predicted octanol–water partition coefficient (Wildman–Crippen LogP) is 3.19. The van der Waals surface area contributed by atoms with Gasteiger partial charge in [-0.25, -0.2) is 13.1 Å². The molecule has 0 atom stereocenters. The third-order valence-electron chi connectivity index (χ3n) is 3.13. The molecule has 0 aromatic heterocycles. The van der Waals surface area contributed by atoms with Crippen molar-refractivity contribution in [2.24, 2.45) is 0 Å². The average Bonchev–Trinajstić information content (AvgIpc) is 2.52. The van der Waals surface area contributed by atoms with Gasteiger partial charge >= 0.3 is 6.18 Å². The van der Waals surface area contributed by atoms with E-state index < -0.39 is 26.7 Å². The summed E-state index contributed by atoms with van der Waals surface area (Å²) in [6.07, 6.45) is -4.75. The highest BCUT2D eigenvalue weighted by atomic mass is 32.2. The van der Waals surface area contributed by atoms with Crippen LogP contribution in [0.4, 0.5) is 13.2 Å². The molecule has 4 nitrogen and oxygen atoms in total. The minimum atomic E-state index is -4.75. The summed E-state index contributed by atoms with van der Waals surface area (Å²) < 4.78 is 70.5. The van der Waals surface area contributed by atoms with Gasteiger partial charge < -0.3 is 4.74 Å². The highest BCUT2D eigenvalue weighted by Crippen LogP contribution is 2.34. The lowest BCUT2D eigenvalue weighted by Crippen LogP contribution is -2.26. The van der Waals surface area contributed by atoms with Crippen molar-refractivity contribution in [2.45, 2.75) is 17.6 Å². The van der Waals surface area contributed by atoms with Crippen molar-refractivity contribution >= 4 is 10.0 Å². The Balaban J connectivity index is 2.30. The van der Waals surface area contributed by atoms with E-state index in [0.717, 1.165) is 18.2 Å². The SMILES string of the molecule is COc1ccccc1CNS(=O)(=O)c1ccccc1C(F)(F)F. The highest BCUT2D eigenvalue weighted by molar-refractivity contribution is 7.89. The number of ether oxygens (including phenoxy) is 1. The smallest absolute Gasteiger partial charge is 0.417 e. The standard InChI is InChI=1S/C15H14F3NO3S/c1-22-13-8-4-2-6-11(13)10-19-23(20,21)14-9-5-3-7-12(14)15(16,17)18/h2-9,19H,10H2,1H3. The maximum Gasteiger partial charge on any atom is 0.417 e. The maximum atomic E-state index is 12.9. The Kier molecular flexibility index (Phi) is 4.96. The number of methoxy groups -OCH3 is 1. The van der Waals surface area contributed by atoms with Crippen molar-refractivity contribution in [1.29, 1.82) is 0 Å². The van der Waals surface area contributed by atoms with E-state index in [4.69, 9.17) is 4.74 Å². The molecule has 0 radical (unpaired) electrons. The normalized spacial score (nSPS) is 12.2. The minimum Gasteiger partial charge on any atom is -0.496 e. The highest BCUT2D eigenvalue weighted by Gasteiger charge is 2.36. The zero-order valence-corrected chi connectivity index (χ0v) is 12.9. The van der Waals surface area contributed by atoms with Crippen molar-refractivity contribution in [3.05, 3.63) is 59.7 Å². The predicted molar refractivity (Wildman–Crippen MR) is 78.5 cm³/mol. The van der Waals surface area contributed by atoms with Crippen LogP contribution in [0.25, 0.3) is 0 Å². The molecule has 124 valence electrons. The van der Waals surface area contributed by atoms with E-state index in [1.807, 2.05) is 0 Å². The molecule has 0 aliphatic carbocycles. The third-order valence-corrected chi connectivity index (χ3v) is 4.59. The van der Waals surface area contributed by atoms with Gasteiger partial charge in [0.15, 0.2) is 0 Å². The van der Waals surface area contributed by atoms with Crippen molar-refractivity contribution < 1.29 is 26.3 Å². The fraction of sp³-hybridized carbons (Fsp3) is 0.200. The molecule has 1 N–H and O–H groups in total. The van der Waals surface area contributed by atoms with Gasteiger partial charge in [-0.2, -0.15) is 13.2 Å². The number of para-hydroxylation sites is 1. The second-order valence-corrected chi connectivity index (χ2v) is 6.37. The molecule has 2 aromatic carbocycles. The molecule has 0 heterocycles. The van der Waals surface area contributed by atoms with E-state index in [0.29, 0.717) is 11.3 Å². The first-order chi connectivity index (χ1) is 10.8. The van der Waals surface area contributed by atoms with Gasteiger partial charge in [0.1, 0.15) is 5.75 Å². The van der Waals surface area contributed by atoms with Crippen LogP contribution < -0.4 is 9.46 Å². The van der Waals surface area contributed by atoms with Crippen LogP contribution in [0.3, 0.4) is 0 Å². The molecule has 0 bridgehead atoms. The molecule has 0 aliphatic rings. The number of nitrogens with one attached hydrogen (secondary N) is 1. The number of benzene rings is 2. The summed E-state index contributed by atoms with van der Waals surface area (Å²) in [5, 5.41) is 0. The number of hydrogen-bond acceptors (Lipinski definition) is 3. The van der Waals surface area contributed by atoms with Gasteiger partial charge in [0.25, 0.3) is 0 Å². The zero-order valence-electron chi connectivity index (χ0n) is 12.1. The summed E-state index contributed by atoms with van der Waals surface area (Å²) in [7, 11) is -2.90. The van der Waals surface area contributed by atoms with Crippen molar-refractivity contribution in [1.82, 2.24) is 4.72 Å². The van der Waals surface area contributed by atoms with Crippen LogP contribution in [0.1, 0.15) is 11.1 Å². The summed E-state index contributed by atoms with van der Waals surface area (Å²) >= 11 is 0. The van der Waals surface area contributed by atoms with Crippen molar-refractivity contribution in [3.63, 3.8) is 0 Å². The summed E-state index contributed by atoms with van der Waals surface area (Å²) in [6, 6.07) is 10.7. The molecule has 0 saturated heterocycles. The quantitative estimate of drug-likeness (QED) is 0.905. The van der Waals surface area contributed by atoms with Gasteiger partial charge in [0, 0.05) is 12.1 Å². The monoisotopic (exact) mass is 345 g/mol. The molecular weight excluding hydrogens is 331 g/mol. The Hall–Kier alpha value is -2.06. The lowest BCUT2D eigenvalue weighted by atomic mass is 10.2. The number of alkyl halides is 3. The molecule has 23 heavy (non-hydrogen) atoms. The van der Waals surface area contributed by atoms with E-state index in [1.54, 1.807) is 24.3 Å². The van der Waals surface area contributed by atoms with Crippen LogP contribution in [0, 0.1) is 0 Å². The lowest BCUT2D eigenvalue weighted by Gasteiger charge is -2.14. The molecule has 0 aliphatic heterocycles. The molecule has 0 spiro atoms. The number of halogens is 3. The van der Waals surface area contributed by atoms with Gasteiger partial charge in [0.05, 0.1) is 17.6 Å². The van der Waals surface area contributed by atoms with Gasteiger partial charge in [-0.3, -0.25) is 0 Å². The zero-order chi connectivity index (χ0) is 17.1. The molecule has 2 rings (SSSR count). The number of sulfonamides is 1. The van der Waals surface area contributed by atoms with Crippen LogP contribution >= 0.6 is 0 Å². The van der Waals surface area contributed by atoms with Crippen molar-refractivity contribution in [3.8, 4) is 5.75 Å². The summed E-state index contributed by atoms with van der Waals surface area (Å²) in [4.78, 5) is -0.803. The number of rotatable bonds is 5. The molecule has 0 amide bonds. The Bertz CT molecular complexity index is 789. The number of hydrogen-bond donors (Lipinski definition) is 1. The lowest BCUT2D eigenvalue weighted by molar-refractivity contribution is -0.139. The van der Waals surface area contributed by atoms with E-state index >= 15 is 0 Å². The van der Waals surface area contributed by atoms with Gasteiger partial charge in [-0.15, -0.1) is 0 Å². The maximum absolute atomic E-state index is 12.9. The first kappa shape index (κ1) is 17.3. The minimum absolute atomic E-state index is 0.182. The Labute approximate surface area is 132 Å². The molecule has 8 heteroatoms. The van der Waals surface area contributed by atoms with E-state index in [9.17, 15) is 21.6 Å². The Morgan fingerprint density at radius 1 is 1.04 bits per heavy atom. The fourth-order valence-corrected chi connectivity index (χ4v) is 3.27. The topological polar surface area (TPSA) is 55.4 Å². The Morgan fingerprint density at radius 3 is 2.30 bits per heavy atom. The van der Waals surface area contributed by atoms with Crippen LogP contribution in [0.2, 0.25) is 0 Å². The Morgan fingerprint density at radius 2 is 1.65 bits per heavy atom. The summed E-state index contributed by atoms with van der Waals surface area (Å²) in [6.45, 7) is -0.182. The van der Waals surface area contributed by atoms with Gasteiger partial charge in [-0.05, 0) is 18.2 Å². The second kappa shape index (κ2) is 6.59. The van der Waals surface area contributed by atoms with Crippen LogP contribution in [-0.4, -0.2) is 15.5 Å². The first-order valence-electron chi connectivity index (χ1n) is 6.53. The van der Waals surface area contributed by atoms with Crippen LogP contribution in [0.5, 0.6) is 5.75 Å². The van der Waals surface area contributed by atoms with Gasteiger partial charge in [-0.1, -0.05) is 30.3 Å². The van der Waals surface area contributed by atoms with Gasteiger partial charge in [0.2, 0.25) is 10.0 Å². The third kappa shape index (κ3) is 4.02. The van der Waals surface area contributed by atoms with Crippen LogP contribution in [0.15, 0.2) is 53.4 Å². The molecule has 2 aromatic rings.